The summed E-state index contributed by atoms with van der Waals surface area (Å²) in [6.45, 7) is 0. The van der Waals surface area contributed by atoms with Crippen molar-refractivity contribution in [2.24, 2.45) is 0 Å². The van der Waals surface area contributed by atoms with Crippen molar-refractivity contribution in [3.8, 4) is 22.3 Å². The zero-order valence-electron chi connectivity index (χ0n) is 16.9. The molecule has 0 bridgehead atoms. The molecular weight excluding hydrogens is 376 g/mol. The zero-order valence-corrected chi connectivity index (χ0v) is 16.9. The second kappa shape index (κ2) is 5.41. The lowest BCUT2D eigenvalue weighted by Crippen LogP contribution is -1.95. The number of hydrogen-bond donors (Lipinski definition) is 0. The molecule has 0 spiro atoms. The summed E-state index contributed by atoms with van der Waals surface area (Å²) < 4.78 is 2.27. The minimum absolute atomic E-state index is 0.992. The summed E-state index contributed by atoms with van der Waals surface area (Å²) in [7, 11) is 0. The molecule has 0 aliphatic heterocycles. The van der Waals surface area contributed by atoms with Crippen molar-refractivity contribution in [3.63, 3.8) is 0 Å². The van der Waals surface area contributed by atoms with E-state index in [9.17, 15) is 0 Å². The normalized spacial score (nSPS) is 13.5. The molecule has 31 heavy (non-hydrogen) atoms. The lowest BCUT2D eigenvalue weighted by molar-refractivity contribution is 1.24. The molecule has 0 saturated carbocycles. The summed E-state index contributed by atoms with van der Waals surface area (Å²) in [5.74, 6) is 0. The maximum Gasteiger partial charge on any atom is 0.145 e. The van der Waals surface area contributed by atoms with E-state index in [0.29, 0.717) is 0 Å². The number of hydrogen-bond acceptors (Lipinski definition) is 1. The first-order valence-electron chi connectivity index (χ1n) is 10.9. The van der Waals surface area contributed by atoms with Gasteiger partial charge in [-0.3, -0.25) is 4.40 Å². The molecule has 0 fully saturated rings. The lowest BCUT2D eigenvalue weighted by atomic mass is 9.94. The van der Waals surface area contributed by atoms with Crippen LogP contribution in [-0.2, 0) is 12.8 Å². The number of benzene rings is 4. The highest BCUT2D eigenvalue weighted by atomic mass is 15.0. The third-order valence-electron chi connectivity index (χ3n) is 7.31. The molecule has 2 heteroatoms. The molecule has 2 heterocycles. The Balaban J connectivity index is 1.56. The molecule has 0 saturated heterocycles. The van der Waals surface area contributed by atoms with Crippen LogP contribution in [0.3, 0.4) is 0 Å². The lowest BCUT2D eigenvalue weighted by Gasteiger charge is -2.14. The Labute approximate surface area is 179 Å². The molecule has 0 atom stereocenters. The number of aromatic nitrogens is 2. The average molecular weight is 394 g/mol. The van der Waals surface area contributed by atoms with Gasteiger partial charge in [0.15, 0.2) is 0 Å². The predicted molar refractivity (Wildman–Crippen MR) is 127 cm³/mol. The Bertz CT molecular complexity index is 1740. The smallest absolute Gasteiger partial charge is 0.145 e. The minimum atomic E-state index is 0.992. The summed E-state index contributed by atoms with van der Waals surface area (Å²) in [5, 5.41) is 3.97. The van der Waals surface area contributed by atoms with Crippen molar-refractivity contribution in [1.82, 2.24) is 9.38 Å². The average Bonchev–Trinajstić information content (AvgIpc) is 3.52. The fraction of sp³-hybridized carbons (Fsp3) is 0.0690. The van der Waals surface area contributed by atoms with Crippen LogP contribution in [0, 0.1) is 0 Å². The van der Waals surface area contributed by atoms with Crippen LogP contribution in [0.5, 0.6) is 0 Å². The van der Waals surface area contributed by atoms with E-state index in [1.165, 1.54) is 66.2 Å². The largest absolute Gasteiger partial charge is 0.299 e. The second-order valence-electron chi connectivity index (χ2n) is 8.83. The monoisotopic (exact) mass is 394 g/mol. The number of rotatable bonds is 0. The summed E-state index contributed by atoms with van der Waals surface area (Å²) in [6.07, 6.45) is 6.04. The van der Waals surface area contributed by atoms with Gasteiger partial charge in [-0.2, -0.15) is 0 Å². The van der Waals surface area contributed by atoms with Crippen LogP contribution >= 0.6 is 0 Å². The van der Waals surface area contributed by atoms with Crippen LogP contribution in [0.4, 0.5) is 0 Å². The van der Waals surface area contributed by atoms with Crippen LogP contribution in [0.2, 0.25) is 0 Å². The van der Waals surface area contributed by atoms with E-state index in [1.807, 2.05) is 6.20 Å². The van der Waals surface area contributed by atoms with Crippen LogP contribution in [-0.4, -0.2) is 9.38 Å². The van der Waals surface area contributed by atoms with E-state index in [1.54, 1.807) is 0 Å². The van der Waals surface area contributed by atoms with Gasteiger partial charge < -0.3 is 0 Å². The number of pyridine rings is 1. The molecule has 2 aliphatic carbocycles. The number of imidazole rings is 1. The van der Waals surface area contributed by atoms with Gasteiger partial charge in [0, 0.05) is 23.2 Å². The molecule has 6 aromatic rings. The Morgan fingerprint density at radius 2 is 1.42 bits per heavy atom. The van der Waals surface area contributed by atoms with Crippen LogP contribution in [0.15, 0.2) is 85.2 Å². The van der Waals surface area contributed by atoms with Crippen LogP contribution in [0.25, 0.3) is 49.6 Å². The molecular formula is C29H18N2. The van der Waals surface area contributed by atoms with E-state index >= 15 is 0 Å². The first-order valence-corrected chi connectivity index (χ1v) is 10.9. The SMILES string of the molecule is c1ccc2c(c1)Cc1cc3c4c5c(ccc4c4nccn4c3cc1-2)-c1ccccc1C5. The van der Waals surface area contributed by atoms with Gasteiger partial charge in [0.25, 0.3) is 0 Å². The van der Waals surface area contributed by atoms with Crippen LogP contribution in [0.1, 0.15) is 22.3 Å². The molecule has 2 aliphatic rings. The van der Waals surface area contributed by atoms with Gasteiger partial charge in [0.05, 0.1) is 5.52 Å². The third kappa shape index (κ3) is 1.91. The fourth-order valence-corrected chi connectivity index (χ4v) is 5.97. The molecule has 0 N–H and O–H groups in total. The highest BCUT2D eigenvalue weighted by Gasteiger charge is 2.25. The molecule has 2 nitrogen and oxygen atoms in total. The van der Waals surface area contributed by atoms with Gasteiger partial charge in [-0.25, -0.2) is 4.98 Å². The van der Waals surface area contributed by atoms with Gasteiger partial charge in [-0.05, 0) is 80.9 Å². The Morgan fingerprint density at radius 3 is 2.29 bits per heavy atom. The molecule has 144 valence electrons. The number of fused-ring (bicyclic) bond motifs is 13. The van der Waals surface area contributed by atoms with Gasteiger partial charge in [-0.15, -0.1) is 0 Å². The van der Waals surface area contributed by atoms with E-state index in [-0.39, 0.29) is 0 Å². The van der Waals surface area contributed by atoms with Gasteiger partial charge in [0.2, 0.25) is 0 Å². The third-order valence-corrected chi connectivity index (χ3v) is 7.31. The van der Waals surface area contributed by atoms with E-state index in [2.05, 4.69) is 83.4 Å². The van der Waals surface area contributed by atoms with E-state index in [4.69, 9.17) is 4.98 Å². The Morgan fingerprint density at radius 1 is 0.645 bits per heavy atom. The van der Waals surface area contributed by atoms with E-state index in [0.717, 1.165) is 18.5 Å². The fourth-order valence-electron chi connectivity index (χ4n) is 5.97. The molecule has 0 amide bonds. The summed E-state index contributed by atoms with van der Waals surface area (Å²) in [5.41, 5.74) is 13.5. The van der Waals surface area contributed by atoms with Crippen molar-refractivity contribution in [2.45, 2.75) is 12.8 Å². The molecule has 8 rings (SSSR count). The van der Waals surface area contributed by atoms with Crippen molar-refractivity contribution < 1.29 is 0 Å². The first kappa shape index (κ1) is 15.9. The quantitative estimate of drug-likeness (QED) is 0.259. The van der Waals surface area contributed by atoms with Crippen LogP contribution < -0.4 is 0 Å². The highest BCUT2D eigenvalue weighted by Crippen LogP contribution is 2.45. The van der Waals surface area contributed by atoms with Gasteiger partial charge in [-0.1, -0.05) is 54.6 Å². The second-order valence-corrected chi connectivity index (χ2v) is 8.83. The number of nitrogens with zero attached hydrogens (tertiary/aromatic N) is 2. The van der Waals surface area contributed by atoms with Crippen molar-refractivity contribution in [1.29, 1.82) is 0 Å². The summed E-state index contributed by atoms with van der Waals surface area (Å²) >= 11 is 0. The van der Waals surface area contributed by atoms with Gasteiger partial charge in [0.1, 0.15) is 5.65 Å². The summed E-state index contributed by atoms with van der Waals surface area (Å²) in [6, 6.07) is 27.1. The molecule has 0 radical (unpaired) electrons. The topological polar surface area (TPSA) is 17.3 Å². The Hall–Kier alpha value is -3.91. The predicted octanol–water partition coefficient (Wildman–Crippen LogP) is 6.78. The van der Waals surface area contributed by atoms with Crippen molar-refractivity contribution >= 4 is 27.3 Å². The maximum atomic E-state index is 4.77. The Kier molecular flexibility index (Phi) is 2.77. The highest BCUT2D eigenvalue weighted by molar-refractivity contribution is 6.16. The van der Waals surface area contributed by atoms with E-state index < -0.39 is 0 Å². The zero-order chi connectivity index (χ0) is 20.1. The standard InChI is InChI=1S/C29H18N2/c1-4-8-21-17(5-1)13-19-15-26-27(16-24(19)21)31-12-11-30-29(31)23-10-9-22-20-7-3-2-6-18(20)14-25(22)28(23)26/h1-12,15-16H,13-14H2. The van der Waals surface area contributed by atoms with Gasteiger partial charge >= 0.3 is 0 Å². The van der Waals surface area contributed by atoms with Crippen molar-refractivity contribution in [3.05, 3.63) is 107 Å². The maximum absolute atomic E-state index is 4.77. The summed E-state index contributed by atoms with van der Waals surface area (Å²) in [4.78, 5) is 4.77. The molecule has 4 aromatic carbocycles. The van der Waals surface area contributed by atoms with Crippen molar-refractivity contribution in [2.75, 3.05) is 0 Å². The minimum Gasteiger partial charge on any atom is -0.299 e. The first-order chi connectivity index (χ1) is 15.4. The molecule has 2 aromatic heterocycles. The molecule has 0 unspecified atom stereocenters.